The lowest BCUT2D eigenvalue weighted by atomic mass is 10.1. The van der Waals surface area contributed by atoms with Gasteiger partial charge in [-0.1, -0.05) is 5.21 Å². The molecule has 0 amide bonds. The molecule has 3 heterocycles. The van der Waals surface area contributed by atoms with E-state index in [9.17, 15) is 4.79 Å². The molecule has 0 aliphatic carbocycles. The molecular weight excluding hydrogens is 322 g/mol. The predicted octanol–water partition coefficient (Wildman–Crippen LogP) is 0.874. The van der Waals surface area contributed by atoms with Crippen LogP contribution in [0.5, 0.6) is 0 Å². The van der Waals surface area contributed by atoms with E-state index in [2.05, 4.69) is 15.3 Å². The van der Waals surface area contributed by atoms with Crippen LogP contribution in [0.2, 0.25) is 0 Å². The fourth-order valence-electron chi connectivity index (χ4n) is 2.72. The standard InChI is InChI=1S/C17H21N5O3/c1-3-21-9-13(16(24)15-6-12(2)7-18-17(15)21)10-22-14(8-19-20-22)11-25-5-4-23/h6-9,23H,3-5,10-11H2,1-2H3. The molecule has 0 unspecified atom stereocenters. The summed E-state index contributed by atoms with van der Waals surface area (Å²) in [5, 5.41) is 17.4. The van der Waals surface area contributed by atoms with Gasteiger partial charge in [-0.25, -0.2) is 9.67 Å². The van der Waals surface area contributed by atoms with Crippen molar-refractivity contribution in [2.24, 2.45) is 0 Å². The van der Waals surface area contributed by atoms with Gasteiger partial charge in [0.25, 0.3) is 0 Å². The second-order valence-corrected chi connectivity index (χ2v) is 5.81. The lowest BCUT2D eigenvalue weighted by Gasteiger charge is -2.12. The Morgan fingerprint density at radius 2 is 2.16 bits per heavy atom. The highest BCUT2D eigenvalue weighted by Gasteiger charge is 2.13. The molecule has 0 fully saturated rings. The molecule has 3 aromatic rings. The molecule has 25 heavy (non-hydrogen) atoms. The number of aliphatic hydroxyl groups is 1. The Bertz CT molecular complexity index is 932. The van der Waals surface area contributed by atoms with Crippen LogP contribution < -0.4 is 5.43 Å². The third-order valence-corrected chi connectivity index (χ3v) is 3.97. The van der Waals surface area contributed by atoms with Crippen LogP contribution in [0, 0.1) is 6.92 Å². The van der Waals surface area contributed by atoms with Crippen LogP contribution >= 0.6 is 0 Å². The lowest BCUT2D eigenvalue weighted by Crippen LogP contribution is -2.19. The maximum Gasteiger partial charge on any atom is 0.196 e. The molecule has 132 valence electrons. The number of fused-ring (bicyclic) bond motifs is 1. The number of aliphatic hydroxyl groups excluding tert-OH is 1. The molecule has 0 aromatic carbocycles. The Morgan fingerprint density at radius 1 is 1.32 bits per heavy atom. The minimum absolute atomic E-state index is 0.0419. The third-order valence-electron chi connectivity index (χ3n) is 3.97. The fourth-order valence-corrected chi connectivity index (χ4v) is 2.72. The SMILES string of the molecule is CCn1cc(Cn2nncc2COCCO)c(=O)c2cc(C)cnc21. The van der Waals surface area contributed by atoms with Gasteiger partial charge in [0, 0.05) is 24.5 Å². The number of aromatic nitrogens is 5. The second-order valence-electron chi connectivity index (χ2n) is 5.81. The van der Waals surface area contributed by atoms with E-state index in [0.717, 1.165) is 11.3 Å². The molecule has 8 nitrogen and oxygen atoms in total. The maximum absolute atomic E-state index is 12.9. The first-order chi connectivity index (χ1) is 12.1. The van der Waals surface area contributed by atoms with Crippen LogP contribution in [0.3, 0.4) is 0 Å². The van der Waals surface area contributed by atoms with Gasteiger partial charge in [0.1, 0.15) is 5.65 Å². The van der Waals surface area contributed by atoms with E-state index in [0.29, 0.717) is 29.7 Å². The van der Waals surface area contributed by atoms with Gasteiger partial charge in [0.05, 0.1) is 43.6 Å². The Kier molecular flexibility index (Phi) is 5.20. The van der Waals surface area contributed by atoms with Crippen molar-refractivity contribution in [3.05, 3.63) is 51.7 Å². The van der Waals surface area contributed by atoms with Gasteiger partial charge in [-0.2, -0.15) is 0 Å². The highest BCUT2D eigenvalue weighted by Crippen LogP contribution is 2.12. The predicted molar refractivity (Wildman–Crippen MR) is 92.3 cm³/mol. The Hall–Kier alpha value is -2.58. The molecule has 0 bridgehead atoms. The maximum atomic E-state index is 12.9. The van der Waals surface area contributed by atoms with Crippen molar-refractivity contribution in [2.45, 2.75) is 33.5 Å². The van der Waals surface area contributed by atoms with E-state index in [4.69, 9.17) is 9.84 Å². The van der Waals surface area contributed by atoms with Crippen LogP contribution in [0.25, 0.3) is 11.0 Å². The average Bonchev–Trinajstić information content (AvgIpc) is 3.05. The summed E-state index contributed by atoms with van der Waals surface area (Å²) in [6, 6.07) is 1.87. The van der Waals surface area contributed by atoms with Gasteiger partial charge in [-0.3, -0.25) is 4.79 Å². The number of hydrogen-bond donors (Lipinski definition) is 1. The highest BCUT2D eigenvalue weighted by atomic mass is 16.5. The number of nitrogens with zero attached hydrogens (tertiary/aromatic N) is 5. The summed E-state index contributed by atoms with van der Waals surface area (Å²) < 4.78 is 8.93. The summed E-state index contributed by atoms with van der Waals surface area (Å²) in [6.07, 6.45) is 5.19. The lowest BCUT2D eigenvalue weighted by molar-refractivity contribution is 0.0776. The number of pyridine rings is 2. The summed E-state index contributed by atoms with van der Waals surface area (Å²) in [4.78, 5) is 17.3. The largest absolute Gasteiger partial charge is 0.394 e. The van der Waals surface area contributed by atoms with Crippen molar-refractivity contribution in [2.75, 3.05) is 13.2 Å². The zero-order valence-corrected chi connectivity index (χ0v) is 14.3. The summed E-state index contributed by atoms with van der Waals surface area (Å²) in [5.74, 6) is 0. The van der Waals surface area contributed by atoms with Crippen molar-refractivity contribution < 1.29 is 9.84 Å². The Labute approximate surface area is 144 Å². The highest BCUT2D eigenvalue weighted by molar-refractivity contribution is 5.76. The molecular formula is C17H21N5O3. The van der Waals surface area contributed by atoms with Crippen molar-refractivity contribution >= 4 is 11.0 Å². The summed E-state index contributed by atoms with van der Waals surface area (Å²) in [7, 11) is 0. The number of rotatable bonds is 7. The van der Waals surface area contributed by atoms with Crippen molar-refractivity contribution in [3.8, 4) is 0 Å². The zero-order chi connectivity index (χ0) is 17.8. The van der Waals surface area contributed by atoms with E-state index in [1.807, 2.05) is 30.7 Å². The van der Waals surface area contributed by atoms with Crippen LogP contribution in [0.4, 0.5) is 0 Å². The first-order valence-corrected chi connectivity index (χ1v) is 8.18. The van der Waals surface area contributed by atoms with E-state index in [1.54, 1.807) is 17.1 Å². The molecule has 0 aliphatic heterocycles. The molecule has 0 saturated heterocycles. The van der Waals surface area contributed by atoms with Crippen molar-refractivity contribution in [1.82, 2.24) is 24.5 Å². The van der Waals surface area contributed by atoms with Crippen LogP contribution in [0.15, 0.2) is 29.5 Å². The number of hydrogen-bond acceptors (Lipinski definition) is 6. The van der Waals surface area contributed by atoms with Gasteiger partial charge >= 0.3 is 0 Å². The minimum Gasteiger partial charge on any atom is -0.394 e. The Morgan fingerprint density at radius 3 is 2.92 bits per heavy atom. The smallest absolute Gasteiger partial charge is 0.196 e. The molecule has 1 N–H and O–H groups in total. The third kappa shape index (κ3) is 3.59. The minimum atomic E-state index is -0.0476. The first kappa shape index (κ1) is 17.2. The molecule has 3 rings (SSSR count). The van der Waals surface area contributed by atoms with E-state index in [1.165, 1.54) is 0 Å². The van der Waals surface area contributed by atoms with Crippen LogP contribution in [-0.4, -0.2) is 42.9 Å². The molecule has 0 spiro atoms. The normalized spacial score (nSPS) is 11.3. The van der Waals surface area contributed by atoms with Gasteiger partial charge in [-0.05, 0) is 25.5 Å². The summed E-state index contributed by atoms with van der Waals surface area (Å²) in [5.41, 5.74) is 2.96. The second kappa shape index (κ2) is 7.54. The van der Waals surface area contributed by atoms with Gasteiger partial charge in [-0.15, -0.1) is 5.10 Å². The Balaban J connectivity index is 1.98. The van der Waals surface area contributed by atoms with Crippen molar-refractivity contribution in [3.63, 3.8) is 0 Å². The summed E-state index contributed by atoms with van der Waals surface area (Å²) >= 11 is 0. The molecule has 0 saturated carbocycles. The van der Waals surface area contributed by atoms with Crippen LogP contribution in [0.1, 0.15) is 23.7 Å². The molecule has 8 heteroatoms. The first-order valence-electron chi connectivity index (χ1n) is 8.18. The topological polar surface area (TPSA) is 95.1 Å². The van der Waals surface area contributed by atoms with Gasteiger partial charge in [0.2, 0.25) is 0 Å². The zero-order valence-electron chi connectivity index (χ0n) is 14.3. The number of ether oxygens (including phenoxy) is 1. The van der Waals surface area contributed by atoms with Gasteiger partial charge in [0.15, 0.2) is 5.43 Å². The quantitative estimate of drug-likeness (QED) is 0.640. The molecule has 0 atom stereocenters. The van der Waals surface area contributed by atoms with Crippen molar-refractivity contribution in [1.29, 1.82) is 0 Å². The monoisotopic (exact) mass is 343 g/mol. The van der Waals surface area contributed by atoms with Gasteiger partial charge < -0.3 is 14.4 Å². The molecule has 0 aliphatic rings. The molecule has 3 aromatic heterocycles. The van der Waals surface area contributed by atoms with Crippen LogP contribution in [-0.2, 0) is 24.4 Å². The number of aryl methyl sites for hydroxylation is 2. The van der Waals surface area contributed by atoms with E-state index >= 15 is 0 Å². The van der Waals surface area contributed by atoms with E-state index < -0.39 is 0 Å². The molecule has 0 radical (unpaired) electrons. The fraction of sp³-hybridized carbons (Fsp3) is 0.412. The average molecular weight is 343 g/mol. The summed E-state index contributed by atoms with van der Waals surface area (Å²) in [6.45, 7) is 5.43. The van der Waals surface area contributed by atoms with E-state index in [-0.39, 0.29) is 25.2 Å².